The Balaban J connectivity index is 1.44. The van der Waals surface area contributed by atoms with E-state index < -0.39 is 0 Å². The molecule has 0 unspecified atom stereocenters. The summed E-state index contributed by atoms with van der Waals surface area (Å²) in [6, 6.07) is 22.8. The van der Waals surface area contributed by atoms with Crippen LogP contribution in [0.2, 0.25) is 0 Å². The van der Waals surface area contributed by atoms with E-state index in [4.69, 9.17) is 0 Å². The second-order valence-electron chi connectivity index (χ2n) is 7.92. The molecule has 2 aromatic rings. The quantitative estimate of drug-likeness (QED) is 0.821. The van der Waals surface area contributed by atoms with Crippen LogP contribution < -0.4 is 0 Å². The van der Waals surface area contributed by atoms with Crippen molar-refractivity contribution in [3.8, 4) is 0 Å². The van der Waals surface area contributed by atoms with E-state index in [9.17, 15) is 0 Å². The van der Waals surface area contributed by atoms with Gasteiger partial charge in [-0.05, 0) is 31.1 Å². The summed E-state index contributed by atoms with van der Waals surface area (Å²) in [6.07, 6.45) is 1.32. The lowest BCUT2D eigenvalue weighted by molar-refractivity contribution is 0.113. The SMILES string of the molecule is CN1CCN([C@H]2CCN(CC(c3ccccc3)c3ccccc3)C2)CC1. The molecule has 2 aliphatic rings. The molecule has 0 radical (unpaired) electrons. The minimum atomic E-state index is 0.462. The lowest BCUT2D eigenvalue weighted by Gasteiger charge is -2.36. The lowest BCUT2D eigenvalue weighted by Crippen LogP contribution is -2.49. The highest BCUT2D eigenvalue weighted by Crippen LogP contribution is 2.28. The molecule has 2 heterocycles. The van der Waals surface area contributed by atoms with E-state index in [-0.39, 0.29) is 0 Å². The average molecular weight is 350 g/mol. The third kappa shape index (κ3) is 4.17. The van der Waals surface area contributed by atoms with Crippen LogP contribution in [0.4, 0.5) is 0 Å². The number of hydrogen-bond acceptors (Lipinski definition) is 3. The maximum atomic E-state index is 2.72. The number of benzene rings is 2. The van der Waals surface area contributed by atoms with Crippen molar-refractivity contribution in [1.29, 1.82) is 0 Å². The maximum absolute atomic E-state index is 2.72. The molecule has 2 aliphatic heterocycles. The second kappa shape index (κ2) is 8.34. The first-order chi connectivity index (χ1) is 12.8. The fourth-order valence-electron chi connectivity index (χ4n) is 4.50. The molecule has 1 atom stereocenters. The summed E-state index contributed by atoms with van der Waals surface area (Å²) in [5.74, 6) is 0.462. The second-order valence-corrected chi connectivity index (χ2v) is 7.92. The molecule has 0 amide bonds. The highest BCUT2D eigenvalue weighted by molar-refractivity contribution is 5.32. The van der Waals surface area contributed by atoms with Crippen molar-refractivity contribution in [1.82, 2.24) is 14.7 Å². The highest BCUT2D eigenvalue weighted by Gasteiger charge is 2.30. The van der Waals surface area contributed by atoms with Crippen molar-refractivity contribution in [2.24, 2.45) is 0 Å². The monoisotopic (exact) mass is 349 g/mol. The van der Waals surface area contributed by atoms with E-state index >= 15 is 0 Å². The molecule has 0 spiro atoms. The summed E-state index contributed by atoms with van der Waals surface area (Å²) in [4.78, 5) is 7.86. The number of nitrogens with zero attached hydrogens (tertiary/aromatic N) is 3. The van der Waals surface area contributed by atoms with Crippen LogP contribution in [-0.4, -0.2) is 73.6 Å². The zero-order chi connectivity index (χ0) is 17.8. The van der Waals surface area contributed by atoms with E-state index in [1.807, 2.05) is 0 Å². The van der Waals surface area contributed by atoms with Gasteiger partial charge in [-0.15, -0.1) is 0 Å². The normalized spacial score (nSPS) is 22.9. The van der Waals surface area contributed by atoms with Crippen molar-refractivity contribution in [2.45, 2.75) is 18.4 Å². The van der Waals surface area contributed by atoms with Crippen molar-refractivity contribution in [3.05, 3.63) is 71.8 Å². The van der Waals surface area contributed by atoms with E-state index in [1.165, 1.54) is 56.8 Å². The number of piperazine rings is 1. The number of likely N-dealkylation sites (N-methyl/N-ethyl adjacent to an activating group) is 1. The molecule has 26 heavy (non-hydrogen) atoms. The third-order valence-electron chi connectivity index (χ3n) is 6.15. The Morgan fingerprint density at radius 1 is 0.808 bits per heavy atom. The largest absolute Gasteiger partial charge is 0.304 e. The van der Waals surface area contributed by atoms with Gasteiger partial charge in [-0.25, -0.2) is 0 Å². The van der Waals surface area contributed by atoms with E-state index in [2.05, 4.69) is 82.4 Å². The third-order valence-corrected chi connectivity index (χ3v) is 6.15. The molecule has 3 nitrogen and oxygen atoms in total. The predicted molar refractivity (Wildman–Crippen MR) is 109 cm³/mol. The summed E-state index contributed by atoms with van der Waals surface area (Å²) in [5.41, 5.74) is 2.86. The van der Waals surface area contributed by atoms with Crippen LogP contribution in [-0.2, 0) is 0 Å². The van der Waals surface area contributed by atoms with Gasteiger partial charge in [0.05, 0.1) is 0 Å². The molecule has 2 saturated heterocycles. The van der Waals surface area contributed by atoms with E-state index in [1.54, 1.807) is 0 Å². The van der Waals surface area contributed by atoms with Crippen LogP contribution in [0.1, 0.15) is 23.5 Å². The number of likely N-dealkylation sites (tertiary alicyclic amines) is 1. The molecule has 0 bridgehead atoms. The minimum Gasteiger partial charge on any atom is -0.304 e. The standard InChI is InChI=1S/C23H31N3/c1-24-14-16-26(17-15-24)22-12-13-25(18-22)19-23(20-8-4-2-5-9-20)21-10-6-3-7-11-21/h2-11,22-23H,12-19H2,1H3/t22-/m0/s1. The first-order valence-electron chi connectivity index (χ1n) is 10.0. The van der Waals surface area contributed by atoms with E-state index in [0.29, 0.717) is 5.92 Å². The number of rotatable bonds is 5. The minimum absolute atomic E-state index is 0.462. The van der Waals surface area contributed by atoms with Crippen molar-refractivity contribution in [2.75, 3.05) is 52.9 Å². The molecular weight excluding hydrogens is 318 g/mol. The van der Waals surface area contributed by atoms with Crippen LogP contribution in [0, 0.1) is 0 Å². The first kappa shape index (κ1) is 17.7. The predicted octanol–water partition coefficient (Wildman–Crippen LogP) is 3.14. The smallest absolute Gasteiger partial charge is 0.0236 e. The van der Waals surface area contributed by atoms with Crippen LogP contribution in [0.3, 0.4) is 0 Å². The highest BCUT2D eigenvalue weighted by atomic mass is 15.3. The lowest BCUT2D eigenvalue weighted by atomic mass is 9.91. The van der Waals surface area contributed by atoms with Gasteiger partial charge in [-0.2, -0.15) is 0 Å². The molecule has 0 aliphatic carbocycles. The molecule has 3 heteroatoms. The van der Waals surface area contributed by atoms with Gasteiger partial charge in [0.1, 0.15) is 0 Å². The van der Waals surface area contributed by atoms with Gasteiger partial charge in [0.2, 0.25) is 0 Å². The van der Waals surface area contributed by atoms with Crippen LogP contribution >= 0.6 is 0 Å². The van der Waals surface area contributed by atoms with Crippen LogP contribution in [0.15, 0.2) is 60.7 Å². The Morgan fingerprint density at radius 3 is 1.96 bits per heavy atom. The van der Waals surface area contributed by atoms with Gasteiger partial charge in [-0.3, -0.25) is 4.90 Å². The van der Waals surface area contributed by atoms with Crippen LogP contribution in [0.5, 0.6) is 0 Å². The van der Waals surface area contributed by atoms with Gasteiger partial charge >= 0.3 is 0 Å². The van der Waals surface area contributed by atoms with Gasteiger partial charge in [0.15, 0.2) is 0 Å². The summed E-state index contributed by atoms with van der Waals surface area (Å²) < 4.78 is 0. The van der Waals surface area contributed by atoms with Crippen molar-refractivity contribution >= 4 is 0 Å². The molecule has 2 aromatic carbocycles. The van der Waals surface area contributed by atoms with Gasteiger partial charge in [0, 0.05) is 51.2 Å². The topological polar surface area (TPSA) is 9.72 Å². The molecule has 4 rings (SSSR count). The Bertz CT molecular complexity index is 625. The Morgan fingerprint density at radius 2 is 1.38 bits per heavy atom. The molecular formula is C23H31N3. The Hall–Kier alpha value is -1.68. The average Bonchev–Trinajstić information content (AvgIpc) is 3.17. The Labute approximate surface area is 158 Å². The zero-order valence-electron chi connectivity index (χ0n) is 15.9. The first-order valence-corrected chi connectivity index (χ1v) is 10.0. The fraction of sp³-hybridized carbons (Fsp3) is 0.478. The van der Waals surface area contributed by atoms with E-state index in [0.717, 1.165) is 12.6 Å². The summed E-state index contributed by atoms with van der Waals surface area (Å²) >= 11 is 0. The van der Waals surface area contributed by atoms with Gasteiger partial charge < -0.3 is 9.80 Å². The Kier molecular flexibility index (Phi) is 5.68. The number of hydrogen-bond donors (Lipinski definition) is 0. The molecule has 0 saturated carbocycles. The molecule has 0 N–H and O–H groups in total. The molecule has 0 aromatic heterocycles. The van der Waals surface area contributed by atoms with Crippen molar-refractivity contribution in [3.63, 3.8) is 0 Å². The van der Waals surface area contributed by atoms with Gasteiger partial charge in [0.25, 0.3) is 0 Å². The van der Waals surface area contributed by atoms with Crippen molar-refractivity contribution < 1.29 is 0 Å². The molecule has 138 valence electrons. The summed E-state index contributed by atoms with van der Waals surface area (Å²) in [5, 5.41) is 0. The molecule has 2 fully saturated rings. The van der Waals surface area contributed by atoms with Gasteiger partial charge in [-0.1, -0.05) is 60.7 Å². The zero-order valence-corrected chi connectivity index (χ0v) is 15.9. The summed E-state index contributed by atoms with van der Waals surface area (Å²) in [6.45, 7) is 8.47. The fourth-order valence-corrected chi connectivity index (χ4v) is 4.50. The maximum Gasteiger partial charge on any atom is 0.0236 e. The van der Waals surface area contributed by atoms with Crippen LogP contribution in [0.25, 0.3) is 0 Å². The summed E-state index contributed by atoms with van der Waals surface area (Å²) in [7, 11) is 2.24.